The number of ether oxygens (including phenoxy) is 1. The Hall–Kier alpha value is -3.85. The molecule has 0 fully saturated rings. The Morgan fingerprint density at radius 1 is 1.11 bits per heavy atom. The Morgan fingerprint density at radius 2 is 1.70 bits per heavy atom. The summed E-state index contributed by atoms with van der Waals surface area (Å²) < 4.78 is 4.79. The van der Waals surface area contributed by atoms with Crippen LogP contribution in [-0.2, 0) is 9.53 Å². The van der Waals surface area contributed by atoms with Crippen molar-refractivity contribution in [2.75, 3.05) is 6.61 Å². The normalized spacial score (nSPS) is 11.8. The summed E-state index contributed by atoms with van der Waals surface area (Å²) in [6, 6.07) is 18.9. The summed E-state index contributed by atoms with van der Waals surface area (Å²) in [5.41, 5.74) is 0.347. The van der Waals surface area contributed by atoms with Gasteiger partial charge in [0.25, 0.3) is 5.91 Å². The lowest BCUT2D eigenvalue weighted by atomic mass is 10.1. The third-order valence-corrected chi connectivity index (χ3v) is 3.48. The molecule has 0 aromatic heterocycles. The number of esters is 1. The van der Waals surface area contributed by atoms with E-state index in [2.05, 4.69) is 5.32 Å². The summed E-state index contributed by atoms with van der Waals surface area (Å²) in [4.78, 5) is 24.4. The first kappa shape index (κ1) is 19.5. The third kappa shape index (κ3) is 5.31. The predicted molar refractivity (Wildman–Crippen MR) is 100 cm³/mol. The molecule has 0 saturated carbocycles. The molecule has 0 aliphatic heterocycles. The van der Waals surface area contributed by atoms with Gasteiger partial charge < -0.3 is 15.2 Å². The molecule has 2 rings (SSSR count). The number of rotatable bonds is 6. The predicted octanol–water partition coefficient (Wildman–Crippen LogP) is 3.36. The quantitative estimate of drug-likeness (QED) is 0.270. The Bertz CT molecular complexity index is 910. The fourth-order valence-electron chi connectivity index (χ4n) is 2.20. The van der Waals surface area contributed by atoms with E-state index in [0.717, 1.165) is 0 Å². The molecule has 0 atom stereocenters. The van der Waals surface area contributed by atoms with Gasteiger partial charge in [0, 0.05) is 5.56 Å². The maximum atomic E-state index is 12.5. The SMILES string of the molecule is CCOC(=O)/C(C#N)=C(\O)C(=Cc1ccccc1)NC(=O)c1ccccc1. The molecule has 6 nitrogen and oxygen atoms in total. The molecule has 0 heterocycles. The van der Waals surface area contributed by atoms with Crippen LogP contribution in [0.4, 0.5) is 0 Å². The molecule has 0 radical (unpaired) electrons. The second-order valence-electron chi connectivity index (χ2n) is 5.34. The van der Waals surface area contributed by atoms with Crippen LogP contribution >= 0.6 is 0 Å². The van der Waals surface area contributed by atoms with Crippen LogP contribution in [0.1, 0.15) is 22.8 Å². The lowest BCUT2D eigenvalue weighted by Gasteiger charge is -2.11. The molecule has 0 saturated heterocycles. The Balaban J connectivity index is 2.47. The van der Waals surface area contributed by atoms with E-state index in [4.69, 9.17) is 4.74 Å². The number of hydrogen-bond donors (Lipinski definition) is 2. The summed E-state index contributed by atoms with van der Waals surface area (Å²) in [6.07, 6.45) is 1.47. The summed E-state index contributed by atoms with van der Waals surface area (Å²) in [5, 5.41) is 22.3. The lowest BCUT2D eigenvalue weighted by Crippen LogP contribution is -2.25. The number of hydrogen-bond acceptors (Lipinski definition) is 5. The number of carbonyl (C=O) groups excluding carboxylic acids is 2. The lowest BCUT2D eigenvalue weighted by molar-refractivity contribution is -0.138. The number of carbonyl (C=O) groups is 2. The van der Waals surface area contributed by atoms with Gasteiger partial charge in [-0.2, -0.15) is 5.26 Å². The number of aliphatic hydroxyl groups excluding tert-OH is 1. The zero-order chi connectivity index (χ0) is 19.6. The largest absolute Gasteiger partial charge is 0.504 e. The van der Waals surface area contributed by atoms with Gasteiger partial charge in [-0.25, -0.2) is 4.79 Å². The van der Waals surface area contributed by atoms with Crippen LogP contribution in [-0.4, -0.2) is 23.6 Å². The highest BCUT2D eigenvalue weighted by Crippen LogP contribution is 2.16. The fraction of sp³-hybridized carbons (Fsp3) is 0.0952. The highest BCUT2D eigenvalue weighted by Gasteiger charge is 2.21. The summed E-state index contributed by atoms with van der Waals surface area (Å²) in [5.74, 6) is -2.13. The van der Waals surface area contributed by atoms with Gasteiger partial charge in [-0.3, -0.25) is 4.79 Å². The number of benzene rings is 2. The van der Waals surface area contributed by atoms with Crippen LogP contribution in [0.2, 0.25) is 0 Å². The van der Waals surface area contributed by atoms with E-state index >= 15 is 0 Å². The first-order valence-corrected chi connectivity index (χ1v) is 8.20. The van der Waals surface area contributed by atoms with E-state index in [1.54, 1.807) is 67.6 Å². The van der Waals surface area contributed by atoms with Gasteiger partial charge in [-0.1, -0.05) is 48.5 Å². The fourth-order valence-corrected chi connectivity index (χ4v) is 2.20. The Morgan fingerprint density at radius 3 is 2.26 bits per heavy atom. The van der Waals surface area contributed by atoms with E-state index in [9.17, 15) is 20.0 Å². The molecule has 0 aliphatic carbocycles. The standard InChI is InChI=1S/C21H18N2O4/c1-2-27-21(26)17(14-22)19(24)18(13-15-9-5-3-6-10-15)23-20(25)16-11-7-4-8-12-16/h3-13,24H,2H2,1H3,(H,23,25)/b18-13?,19-17-. The zero-order valence-electron chi connectivity index (χ0n) is 14.7. The Labute approximate surface area is 157 Å². The molecule has 0 spiro atoms. The summed E-state index contributed by atoms with van der Waals surface area (Å²) in [6.45, 7) is 1.63. The molecular weight excluding hydrogens is 344 g/mol. The number of amides is 1. The van der Waals surface area contributed by atoms with Gasteiger partial charge in [-0.15, -0.1) is 0 Å². The van der Waals surface area contributed by atoms with Crippen LogP contribution in [0.3, 0.4) is 0 Å². The van der Waals surface area contributed by atoms with Crippen molar-refractivity contribution in [1.29, 1.82) is 5.26 Å². The van der Waals surface area contributed by atoms with Crippen molar-refractivity contribution in [3.8, 4) is 6.07 Å². The summed E-state index contributed by atoms with van der Waals surface area (Å²) in [7, 11) is 0. The zero-order valence-corrected chi connectivity index (χ0v) is 14.7. The average Bonchev–Trinajstić information content (AvgIpc) is 2.69. The van der Waals surface area contributed by atoms with Crippen molar-refractivity contribution >= 4 is 18.0 Å². The number of nitriles is 1. The van der Waals surface area contributed by atoms with Crippen LogP contribution in [0, 0.1) is 11.3 Å². The minimum absolute atomic E-state index is 0.0470. The number of nitrogens with zero attached hydrogens (tertiary/aromatic N) is 1. The van der Waals surface area contributed by atoms with Crippen LogP contribution in [0.25, 0.3) is 6.08 Å². The molecule has 2 N–H and O–H groups in total. The van der Waals surface area contributed by atoms with Crippen molar-refractivity contribution in [3.05, 3.63) is 88.8 Å². The highest BCUT2D eigenvalue weighted by atomic mass is 16.5. The van der Waals surface area contributed by atoms with Gasteiger partial charge in [0.1, 0.15) is 6.07 Å². The van der Waals surface area contributed by atoms with Crippen molar-refractivity contribution in [2.45, 2.75) is 6.92 Å². The summed E-state index contributed by atoms with van der Waals surface area (Å²) >= 11 is 0. The molecule has 0 unspecified atom stereocenters. The van der Waals surface area contributed by atoms with Gasteiger partial charge in [-0.05, 0) is 30.7 Å². The molecular formula is C21H18N2O4. The van der Waals surface area contributed by atoms with Crippen molar-refractivity contribution in [1.82, 2.24) is 5.32 Å². The molecule has 0 bridgehead atoms. The van der Waals surface area contributed by atoms with Crippen LogP contribution < -0.4 is 5.32 Å². The number of aliphatic hydroxyl groups is 1. The van der Waals surface area contributed by atoms with E-state index in [1.165, 1.54) is 6.08 Å². The van der Waals surface area contributed by atoms with E-state index in [0.29, 0.717) is 11.1 Å². The third-order valence-electron chi connectivity index (χ3n) is 3.48. The minimum atomic E-state index is -0.967. The van der Waals surface area contributed by atoms with Gasteiger partial charge in [0.2, 0.25) is 0 Å². The average molecular weight is 362 g/mol. The second kappa shape index (κ2) is 9.59. The molecule has 0 aliphatic rings. The van der Waals surface area contributed by atoms with Gasteiger partial charge in [0.05, 0.1) is 12.3 Å². The maximum Gasteiger partial charge on any atom is 0.352 e. The molecule has 6 heteroatoms. The molecule has 1 amide bonds. The molecule has 2 aromatic rings. The smallest absolute Gasteiger partial charge is 0.352 e. The first-order valence-electron chi connectivity index (χ1n) is 8.20. The van der Waals surface area contributed by atoms with E-state index in [1.807, 2.05) is 6.07 Å². The van der Waals surface area contributed by atoms with Crippen LogP contribution in [0.15, 0.2) is 77.7 Å². The van der Waals surface area contributed by atoms with Crippen molar-refractivity contribution < 1.29 is 19.4 Å². The first-order chi connectivity index (χ1) is 13.1. The maximum absolute atomic E-state index is 12.5. The topological polar surface area (TPSA) is 99.4 Å². The van der Waals surface area contributed by atoms with Crippen molar-refractivity contribution in [2.24, 2.45) is 0 Å². The monoisotopic (exact) mass is 362 g/mol. The van der Waals surface area contributed by atoms with Gasteiger partial charge >= 0.3 is 5.97 Å². The van der Waals surface area contributed by atoms with Gasteiger partial charge in [0.15, 0.2) is 11.3 Å². The van der Waals surface area contributed by atoms with Crippen molar-refractivity contribution in [3.63, 3.8) is 0 Å². The highest BCUT2D eigenvalue weighted by molar-refractivity contribution is 5.98. The Kier molecular flexibility index (Phi) is 6.91. The molecule has 27 heavy (non-hydrogen) atoms. The second-order valence-corrected chi connectivity index (χ2v) is 5.34. The molecule has 2 aromatic carbocycles. The van der Waals surface area contributed by atoms with E-state index in [-0.39, 0.29) is 12.3 Å². The van der Waals surface area contributed by atoms with Crippen LogP contribution in [0.5, 0.6) is 0 Å². The minimum Gasteiger partial charge on any atom is -0.504 e. The number of nitrogens with one attached hydrogen (secondary N) is 1. The van der Waals surface area contributed by atoms with E-state index < -0.39 is 23.2 Å². The molecule has 136 valence electrons.